The monoisotopic (exact) mass is 176 g/mol. The molecule has 0 aliphatic rings. The van der Waals surface area contributed by atoms with Crippen LogP contribution in [0.5, 0.6) is 0 Å². The standard InChI is InChI=1S/C10H8.2Na.2H/c1-2-6-10-8-4-3-7-9(10)5-1;;;;/h1-8H;;;;/q;2*+1;2*-1. The molecule has 0 aromatic heterocycles. The maximum absolute atomic E-state index is 2.12. The SMILES string of the molecule is [H-].[H-].[Na+].[Na+].c1ccc2ccccc2c1. The smallest absolute Gasteiger partial charge is 1.00 e. The molecule has 12 heavy (non-hydrogen) atoms. The number of fused-ring (bicyclic) bond motifs is 1. The van der Waals surface area contributed by atoms with Crippen LogP contribution in [0.1, 0.15) is 2.85 Å². The third-order valence-corrected chi connectivity index (χ3v) is 1.66. The Morgan fingerprint density at radius 2 is 0.833 bits per heavy atom. The van der Waals surface area contributed by atoms with Crippen molar-refractivity contribution in [1.82, 2.24) is 0 Å². The molecule has 2 heteroatoms. The summed E-state index contributed by atoms with van der Waals surface area (Å²) in [7, 11) is 0. The molecule has 2 aromatic rings. The normalized spacial score (nSPS) is 8.33. The fraction of sp³-hybridized carbons (Fsp3) is 0. The fourth-order valence-corrected chi connectivity index (χ4v) is 1.13. The van der Waals surface area contributed by atoms with Crippen molar-refractivity contribution in [3.63, 3.8) is 0 Å². The van der Waals surface area contributed by atoms with E-state index in [1.165, 1.54) is 10.8 Å². The molecular weight excluding hydrogens is 166 g/mol. The Balaban J connectivity index is -0.000000302. The number of benzene rings is 2. The van der Waals surface area contributed by atoms with Crippen molar-refractivity contribution in [1.29, 1.82) is 0 Å². The predicted molar refractivity (Wildman–Crippen MR) is 46.2 cm³/mol. The first-order valence-corrected chi connectivity index (χ1v) is 3.40. The minimum atomic E-state index is 0. The Bertz CT molecular complexity index is 287. The van der Waals surface area contributed by atoms with Crippen LogP contribution in [0, 0.1) is 0 Å². The Kier molecular flexibility index (Phi) is 6.56. The first-order valence-electron chi connectivity index (χ1n) is 3.40. The van der Waals surface area contributed by atoms with E-state index < -0.39 is 0 Å². The van der Waals surface area contributed by atoms with Gasteiger partial charge in [-0.1, -0.05) is 48.5 Å². The van der Waals surface area contributed by atoms with Crippen molar-refractivity contribution < 1.29 is 62.0 Å². The maximum atomic E-state index is 2.12. The van der Waals surface area contributed by atoms with Gasteiger partial charge in [-0.15, -0.1) is 0 Å². The van der Waals surface area contributed by atoms with Crippen molar-refractivity contribution in [2.75, 3.05) is 0 Å². The van der Waals surface area contributed by atoms with Crippen molar-refractivity contribution in [2.45, 2.75) is 0 Å². The summed E-state index contributed by atoms with van der Waals surface area (Å²) in [5.41, 5.74) is 0. The van der Waals surface area contributed by atoms with E-state index in [1.807, 2.05) is 0 Å². The summed E-state index contributed by atoms with van der Waals surface area (Å²) in [5, 5.41) is 2.62. The molecule has 0 aliphatic heterocycles. The van der Waals surface area contributed by atoms with E-state index in [9.17, 15) is 0 Å². The van der Waals surface area contributed by atoms with Crippen LogP contribution in [0.3, 0.4) is 0 Å². The fourth-order valence-electron chi connectivity index (χ4n) is 1.13. The molecule has 0 radical (unpaired) electrons. The molecule has 0 saturated carbocycles. The van der Waals surface area contributed by atoms with E-state index in [0.717, 1.165) is 0 Å². The van der Waals surface area contributed by atoms with E-state index in [4.69, 9.17) is 0 Å². The molecule has 0 heterocycles. The molecule has 0 atom stereocenters. The molecule has 0 fully saturated rings. The van der Waals surface area contributed by atoms with E-state index in [0.29, 0.717) is 0 Å². The second-order valence-corrected chi connectivity index (χ2v) is 2.35. The van der Waals surface area contributed by atoms with Gasteiger partial charge in [0.15, 0.2) is 0 Å². The van der Waals surface area contributed by atoms with Gasteiger partial charge in [0.1, 0.15) is 0 Å². The first-order chi connectivity index (χ1) is 4.97. The van der Waals surface area contributed by atoms with Crippen molar-refractivity contribution in [2.24, 2.45) is 0 Å². The Morgan fingerprint density at radius 3 is 1.08 bits per heavy atom. The summed E-state index contributed by atoms with van der Waals surface area (Å²) in [6.45, 7) is 0. The molecule has 0 spiro atoms. The molecule has 0 nitrogen and oxygen atoms in total. The second kappa shape index (κ2) is 6.20. The van der Waals surface area contributed by atoms with Crippen molar-refractivity contribution >= 4 is 10.8 Å². The van der Waals surface area contributed by atoms with Crippen molar-refractivity contribution in [3.8, 4) is 0 Å². The van der Waals surface area contributed by atoms with E-state index >= 15 is 0 Å². The van der Waals surface area contributed by atoms with E-state index in [-0.39, 0.29) is 62.0 Å². The Labute approximate surface area is 120 Å². The zero-order valence-electron chi connectivity index (χ0n) is 9.62. The van der Waals surface area contributed by atoms with Gasteiger partial charge < -0.3 is 2.85 Å². The summed E-state index contributed by atoms with van der Waals surface area (Å²) < 4.78 is 0. The molecule has 2 rings (SSSR count). The van der Waals surface area contributed by atoms with Gasteiger partial charge in [0.2, 0.25) is 0 Å². The molecule has 0 amide bonds. The van der Waals surface area contributed by atoms with Gasteiger partial charge in [-0.25, -0.2) is 0 Å². The number of rotatable bonds is 0. The summed E-state index contributed by atoms with van der Waals surface area (Å²) in [4.78, 5) is 0. The van der Waals surface area contributed by atoms with Gasteiger partial charge in [-0.05, 0) is 10.8 Å². The Morgan fingerprint density at radius 1 is 0.583 bits per heavy atom. The van der Waals surface area contributed by atoms with Gasteiger partial charge in [0, 0.05) is 0 Å². The van der Waals surface area contributed by atoms with Crippen LogP contribution in [-0.2, 0) is 0 Å². The molecule has 0 bridgehead atoms. The molecular formula is C10H10Na2. The van der Waals surface area contributed by atoms with Crippen LogP contribution in [0.15, 0.2) is 48.5 Å². The van der Waals surface area contributed by atoms with Crippen LogP contribution in [-0.4, -0.2) is 0 Å². The van der Waals surface area contributed by atoms with Crippen LogP contribution >= 0.6 is 0 Å². The third kappa shape index (κ3) is 2.88. The largest absolute Gasteiger partial charge is 1.00 e. The summed E-state index contributed by atoms with van der Waals surface area (Å²) in [6.07, 6.45) is 0. The summed E-state index contributed by atoms with van der Waals surface area (Å²) in [6, 6.07) is 16.7. The van der Waals surface area contributed by atoms with Crippen LogP contribution in [0.2, 0.25) is 0 Å². The van der Waals surface area contributed by atoms with Gasteiger partial charge in [-0.3, -0.25) is 0 Å². The Hall–Kier alpha value is 0.700. The predicted octanol–water partition coefficient (Wildman–Crippen LogP) is -2.93. The van der Waals surface area contributed by atoms with Crippen LogP contribution in [0.25, 0.3) is 10.8 Å². The van der Waals surface area contributed by atoms with E-state index in [1.54, 1.807) is 0 Å². The average Bonchev–Trinajstić information content (AvgIpc) is 2.05. The van der Waals surface area contributed by atoms with Gasteiger partial charge in [0.25, 0.3) is 0 Å². The topological polar surface area (TPSA) is 0 Å². The first kappa shape index (κ1) is 12.7. The van der Waals surface area contributed by atoms with Gasteiger partial charge >= 0.3 is 59.1 Å². The number of hydrogen-bond acceptors (Lipinski definition) is 0. The number of hydrogen-bond donors (Lipinski definition) is 0. The minimum Gasteiger partial charge on any atom is -1.00 e. The van der Waals surface area contributed by atoms with Gasteiger partial charge in [0.05, 0.1) is 0 Å². The summed E-state index contributed by atoms with van der Waals surface area (Å²) in [5.74, 6) is 0. The second-order valence-electron chi connectivity index (χ2n) is 2.35. The molecule has 0 aliphatic carbocycles. The molecule has 0 saturated heterocycles. The molecule has 0 unspecified atom stereocenters. The zero-order valence-corrected chi connectivity index (χ0v) is 11.6. The minimum absolute atomic E-state index is 0. The quantitative estimate of drug-likeness (QED) is 0.377. The average molecular weight is 176 g/mol. The maximum Gasteiger partial charge on any atom is 1.00 e. The third-order valence-electron chi connectivity index (χ3n) is 1.66. The summed E-state index contributed by atoms with van der Waals surface area (Å²) >= 11 is 0. The van der Waals surface area contributed by atoms with Gasteiger partial charge in [-0.2, -0.15) is 0 Å². The van der Waals surface area contributed by atoms with E-state index in [2.05, 4.69) is 48.5 Å². The molecule has 0 N–H and O–H groups in total. The van der Waals surface area contributed by atoms with Crippen LogP contribution < -0.4 is 59.1 Å². The molecule has 52 valence electrons. The van der Waals surface area contributed by atoms with Crippen molar-refractivity contribution in [3.05, 3.63) is 48.5 Å². The zero-order chi connectivity index (χ0) is 6.81. The van der Waals surface area contributed by atoms with Crippen LogP contribution in [0.4, 0.5) is 0 Å². The molecule has 2 aromatic carbocycles.